The highest BCUT2D eigenvalue weighted by Crippen LogP contribution is 2.26. The lowest BCUT2D eigenvalue weighted by atomic mass is 9.92. The van der Waals surface area contributed by atoms with Crippen molar-refractivity contribution >= 4 is 18.2 Å². The van der Waals surface area contributed by atoms with Crippen LogP contribution in [-0.4, -0.2) is 27.8 Å². The van der Waals surface area contributed by atoms with Crippen LogP contribution < -0.4 is 5.32 Å². The van der Waals surface area contributed by atoms with Crippen molar-refractivity contribution in [3.8, 4) is 5.69 Å². The van der Waals surface area contributed by atoms with E-state index in [1.165, 1.54) is 0 Å². The third-order valence-electron chi connectivity index (χ3n) is 3.38. The van der Waals surface area contributed by atoms with Crippen molar-refractivity contribution < 1.29 is 14.3 Å². The van der Waals surface area contributed by atoms with Gasteiger partial charge in [0.05, 0.1) is 11.4 Å². The molecular weight excluding hydrogens is 318 g/mol. The summed E-state index contributed by atoms with van der Waals surface area (Å²) in [5, 5.41) is 7.37. The fraction of sp³-hybridized carbons (Fsp3) is 0.421. The van der Waals surface area contributed by atoms with Gasteiger partial charge in [-0.1, -0.05) is 20.8 Å². The highest BCUT2D eigenvalue weighted by Gasteiger charge is 2.23. The van der Waals surface area contributed by atoms with Crippen molar-refractivity contribution in [2.75, 3.05) is 5.32 Å². The Morgan fingerprint density at radius 3 is 2.20 bits per heavy atom. The first-order valence-electron chi connectivity index (χ1n) is 8.16. The van der Waals surface area contributed by atoms with Crippen LogP contribution in [0.3, 0.4) is 0 Å². The molecule has 1 heterocycles. The van der Waals surface area contributed by atoms with Crippen molar-refractivity contribution in [1.29, 1.82) is 0 Å². The Morgan fingerprint density at radius 1 is 1.12 bits per heavy atom. The van der Waals surface area contributed by atoms with Crippen molar-refractivity contribution in [2.45, 2.75) is 52.6 Å². The van der Waals surface area contributed by atoms with Crippen molar-refractivity contribution in [2.24, 2.45) is 0 Å². The molecule has 1 N–H and O–H groups in total. The van der Waals surface area contributed by atoms with Gasteiger partial charge in [-0.2, -0.15) is 5.10 Å². The summed E-state index contributed by atoms with van der Waals surface area (Å²) in [7, 11) is 0. The molecule has 1 aromatic heterocycles. The molecule has 0 aliphatic heterocycles. The molecule has 2 aromatic rings. The quantitative estimate of drug-likeness (QED) is 0.842. The molecule has 0 saturated carbocycles. The summed E-state index contributed by atoms with van der Waals surface area (Å²) in [4.78, 5) is 23.0. The van der Waals surface area contributed by atoms with Crippen LogP contribution in [0.4, 0.5) is 10.6 Å². The maximum absolute atomic E-state index is 12.2. The summed E-state index contributed by atoms with van der Waals surface area (Å²) in [6.07, 6.45) is 0.242. The lowest BCUT2D eigenvalue weighted by molar-refractivity contribution is 0.0634. The molecular formula is C19H25N3O3. The highest BCUT2D eigenvalue weighted by molar-refractivity contribution is 5.84. The van der Waals surface area contributed by atoms with Crippen molar-refractivity contribution in [1.82, 2.24) is 9.78 Å². The minimum absolute atomic E-state index is 0.182. The fourth-order valence-corrected chi connectivity index (χ4v) is 2.14. The minimum Gasteiger partial charge on any atom is -0.444 e. The van der Waals surface area contributed by atoms with Gasteiger partial charge >= 0.3 is 6.09 Å². The first-order valence-corrected chi connectivity index (χ1v) is 8.16. The van der Waals surface area contributed by atoms with E-state index in [2.05, 4.69) is 10.4 Å². The number of ether oxygens (including phenoxy) is 1. The van der Waals surface area contributed by atoms with E-state index < -0.39 is 11.7 Å². The van der Waals surface area contributed by atoms with E-state index in [-0.39, 0.29) is 5.41 Å². The number of carbonyl (C=O) groups excluding carboxylic acids is 2. The summed E-state index contributed by atoms with van der Waals surface area (Å²) in [6, 6.07) is 8.81. The average molecular weight is 343 g/mol. The summed E-state index contributed by atoms with van der Waals surface area (Å²) in [5.74, 6) is 0.512. The van der Waals surface area contributed by atoms with E-state index >= 15 is 0 Å². The van der Waals surface area contributed by atoms with E-state index in [0.29, 0.717) is 11.4 Å². The molecule has 6 nitrogen and oxygen atoms in total. The van der Waals surface area contributed by atoms with Crippen LogP contribution in [0.5, 0.6) is 0 Å². The first kappa shape index (κ1) is 18.7. The molecule has 0 aliphatic carbocycles. The molecule has 0 atom stereocenters. The van der Waals surface area contributed by atoms with Gasteiger partial charge in [0.25, 0.3) is 0 Å². The highest BCUT2D eigenvalue weighted by atomic mass is 16.6. The first-order chi connectivity index (χ1) is 11.5. The van der Waals surface area contributed by atoms with Crippen LogP contribution in [0.25, 0.3) is 5.69 Å². The van der Waals surface area contributed by atoms with E-state index in [9.17, 15) is 9.59 Å². The van der Waals surface area contributed by atoms with Crippen molar-refractivity contribution in [3.63, 3.8) is 0 Å². The minimum atomic E-state index is -0.590. The van der Waals surface area contributed by atoms with Gasteiger partial charge in [0, 0.05) is 17.0 Å². The second-order valence-electron chi connectivity index (χ2n) is 7.91. The third kappa shape index (κ3) is 4.92. The molecule has 6 heteroatoms. The zero-order valence-corrected chi connectivity index (χ0v) is 15.6. The van der Waals surface area contributed by atoms with Gasteiger partial charge < -0.3 is 4.74 Å². The molecule has 1 amide bonds. The van der Waals surface area contributed by atoms with Crippen LogP contribution >= 0.6 is 0 Å². The predicted octanol–water partition coefficient (Wildman–Crippen LogP) is 4.33. The maximum Gasteiger partial charge on any atom is 0.413 e. The normalized spacial score (nSPS) is 11.9. The zero-order valence-electron chi connectivity index (χ0n) is 15.6. The second kappa shape index (κ2) is 6.70. The fourth-order valence-electron chi connectivity index (χ4n) is 2.14. The van der Waals surface area contributed by atoms with E-state index in [0.717, 1.165) is 17.7 Å². The Labute approximate surface area is 148 Å². The number of nitrogens with zero attached hydrogens (tertiary/aromatic N) is 2. The molecule has 0 spiro atoms. The molecule has 0 aliphatic rings. The molecule has 25 heavy (non-hydrogen) atoms. The van der Waals surface area contributed by atoms with Gasteiger partial charge in [0.2, 0.25) is 0 Å². The van der Waals surface area contributed by atoms with Gasteiger partial charge in [-0.25, -0.2) is 9.48 Å². The Morgan fingerprint density at radius 2 is 1.72 bits per heavy atom. The van der Waals surface area contributed by atoms with Gasteiger partial charge in [-0.05, 0) is 45.0 Å². The molecule has 0 radical (unpaired) electrons. The van der Waals surface area contributed by atoms with Gasteiger partial charge in [0.1, 0.15) is 17.7 Å². The molecule has 0 fully saturated rings. The van der Waals surface area contributed by atoms with E-state index in [1.54, 1.807) is 28.9 Å². The topological polar surface area (TPSA) is 73.2 Å². The van der Waals surface area contributed by atoms with Crippen LogP contribution in [0, 0.1) is 0 Å². The van der Waals surface area contributed by atoms with Crippen LogP contribution in [0.1, 0.15) is 57.6 Å². The third-order valence-corrected chi connectivity index (χ3v) is 3.38. The number of anilines is 1. The predicted molar refractivity (Wildman–Crippen MR) is 97.5 cm³/mol. The number of rotatable bonds is 3. The van der Waals surface area contributed by atoms with Gasteiger partial charge in [-0.3, -0.25) is 10.1 Å². The molecule has 0 saturated heterocycles. The van der Waals surface area contributed by atoms with Crippen LogP contribution in [0.15, 0.2) is 30.3 Å². The molecule has 0 unspecified atom stereocenters. The Balaban J connectivity index is 2.41. The number of hydrogen-bond donors (Lipinski definition) is 1. The van der Waals surface area contributed by atoms with Gasteiger partial charge in [0.15, 0.2) is 0 Å². The number of nitrogens with one attached hydrogen (secondary N) is 1. The monoisotopic (exact) mass is 343 g/mol. The van der Waals surface area contributed by atoms with Crippen molar-refractivity contribution in [3.05, 3.63) is 41.6 Å². The summed E-state index contributed by atoms with van der Waals surface area (Å²) in [5.41, 5.74) is 1.38. The summed E-state index contributed by atoms with van der Waals surface area (Å²) < 4.78 is 6.96. The van der Waals surface area contributed by atoms with Crippen LogP contribution in [0.2, 0.25) is 0 Å². The smallest absolute Gasteiger partial charge is 0.413 e. The SMILES string of the molecule is CC(C)(C)OC(=O)Nc1cc(C(C)(C)C)nn1-c1ccc(C=O)cc1. The number of benzene rings is 1. The number of hydrogen-bond acceptors (Lipinski definition) is 4. The molecule has 2 rings (SSSR count). The lowest BCUT2D eigenvalue weighted by Gasteiger charge is -2.19. The summed E-state index contributed by atoms with van der Waals surface area (Å²) >= 11 is 0. The molecule has 1 aromatic carbocycles. The average Bonchev–Trinajstić information content (AvgIpc) is 2.89. The lowest BCUT2D eigenvalue weighted by Crippen LogP contribution is -2.27. The number of amides is 1. The number of carbonyl (C=O) groups is 2. The van der Waals surface area contributed by atoms with Gasteiger partial charge in [-0.15, -0.1) is 0 Å². The Kier molecular flexibility index (Phi) is 5.02. The zero-order chi connectivity index (χ0) is 18.8. The Bertz CT molecular complexity index is 763. The molecule has 134 valence electrons. The number of aromatic nitrogens is 2. The number of aldehydes is 1. The maximum atomic E-state index is 12.2. The second-order valence-corrected chi connectivity index (χ2v) is 7.91. The summed E-state index contributed by atoms with van der Waals surface area (Å²) in [6.45, 7) is 11.6. The largest absolute Gasteiger partial charge is 0.444 e. The van der Waals surface area contributed by atoms with E-state index in [4.69, 9.17) is 4.74 Å². The Hall–Kier alpha value is -2.63. The van der Waals surface area contributed by atoms with Crippen LogP contribution in [-0.2, 0) is 10.2 Å². The molecule has 0 bridgehead atoms. The standard InChI is InChI=1S/C19H25N3O3/c1-18(2,3)15-11-16(20-17(24)25-19(4,5)6)22(21-15)14-9-7-13(12-23)8-10-14/h7-12H,1-6H3,(H,20,24). The van der Waals surface area contributed by atoms with E-state index in [1.807, 2.05) is 47.6 Å².